The zero-order valence-electron chi connectivity index (χ0n) is 16.7. The molecule has 0 unspecified atom stereocenters. The molecular formula is C22H26N2O4. The van der Waals surface area contributed by atoms with E-state index in [2.05, 4.69) is 10.6 Å². The van der Waals surface area contributed by atoms with Crippen LogP contribution in [0.3, 0.4) is 0 Å². The van der Waals surface area contributed by atoms with E-state index in [1.807, 2.05) is 58.0 Å². The van der Waals surface area contributed by atoms with E-state index < -0.39 is 11.9 Å². The molecule has 0 atom stereocenters. The summed E-state index contributed by atoms with van der Waals surface area (Å²) in [6.45, 7) is 7.39. The molecule has 0 spiro atoms. The number of hydrogen-bond donors (Lipinski definition) is 2. The number of esters is 1. The second kappa shape index (κ2) is 9.69. The molecule has 148 valence electrons. The molecule has 2 aromatic carbocycles. The third-order valence-electron chi connectivity index (χ3n) is 4.38. The van der Waals surface area contributed by atoms with Crippen LogP contribution in [-0.4, -0.2) is 24.4 Å². The number of benzene rings is 2. The van der Waals surface area contributed by atoms with Gasteiger partial charge in [0.25, 0.3) is 5.91 Å². The zero-order chi connectivity index (χ0) is 20.7. The van der Waals surface area contributed by atoms with Gasteiger partial charge in [0.15, 0.2) is 6.61 Å². The van der Waals surface area contributed by atoms with Crippen LogP contribution in [0.1, 0.15) is 35.1 Å². The van der Waals surface area contributed by atoms with Gasteiger partial charge in [0.1, 0.15) is 0 Å². The third-order valence-corrected chi connectivity index (χ3v) is 4.38. The fourth-order valence-corrected chi connectivity index (χ4v) is 2.53. The van der Waals surface area contributed by atoms with Gasteiger partial charge < -0.3 is 15.4 Å². The second-order valence-electron chi connectivity index (χ2n) is 6.87. The number of hydrogen-bond acceptors (Lipinski definition) is 4. The predicted octanol–water partition coefficient (Wildman–Crippen LogP) is 3.82. The number of carbonyl (C=O) groups excluding carboxylic acids is 3. The van der Waals surface area contributed by atoms with Crippen molar-refractivity contribution >= 4 is 29.2 Å². The number of amides is 2. The van der Waals surface area contributed by atoms with Crippen LogP contribution in [0.25, 0.3) is 0 Å². The molecule has 0 saturated carbocycles. The van der Waals surface area contributed by atoms with Crippen molar-refractivity contribution in [1.82, 2.24) is 0 Å². The minimum atomic E-state index is -0.591. The highest BCUT2D eigenvalue weighted by Gasteiger charge is 2.12. The van der Waals surface area contributed by atoms with Crippen molar-refractivity contribution in [3.8, 4) is 0 Å². The average Bonchev–Trinajstić information content (AvgIpc) is 2.64. The smallest absolute Gasteiger partial charge is 0.306 e. The van der Waals surface area contributed by atoms with Gasteiger partial charge in [-0.3, -0.25) is 14.4 Å². The van der Waals surface area contributed by atoms with Crippen LogP contribution >= 0.6 is 0 Å². The van der Waals surface area contributed by atoms with E-state index in [9.17, 15) is 14.4 Å². The van der Waals surface area contributed by atoms with Crippen molar-refractivity contribution in [3.05, 3.63) is 58.7 Å². The van der Waals surface area contributed by atoms with E-state index >= 15 is 0 Å². The molecule has 0 saturated heterocycles. The first-order chi connectivity index (χ1) is 13.2. The molecule has 0 aliphatic rings. The Bertz CT molecular complexity index is 890. The molecule has 2 amide bonds. The van der Waals surface area contributed by atoms with Crippen molar-refractivity contribution in [1.29, 1.82) is 0 Å². The summed E-state index contributed by atoms with van der Waals surface area (Å²) in [7, 11) is 0. The number of ether oxygens (including phenoxy) is 1. The van der Waals surface area contributed by atoms with Gasteiger partial charge in [-0.2, -0.15) is 0 Å². The Balaban J connectivity index is 1.73. The summed E-state index contributed by atoms with van der Waals surface area (Å²) in [6.07, 6.45) is -0.0986. The van der Waals surface area contributed by atoms with E-state index in [0.717, 1.165) is 27.9 Å². The van der Waals surface area contributed by atoms with E-state index in [1.54, 1.807) is 6.07 Å². The first-order valence-electron chi connectivity index (χ1n) is 9.14. The Morgan fingerprint density at radius 1 is 0.786 bits per heavy atom. The molecule has 0 radical (unpaired) electrons. The minimum Gasteiger partial charge on any atom is -0.456 e. The Hall–Kier alpha value is -3.15. The lowest BCUT2D eigenvalue weighted by molar-refractivity contribution is -0.147. The van der Waals surface area contributed by atoms with Gasteiger partial charge in [-0.1, -0.05) is 18.2 Å². The summed E-state index contributed by atoms with van der Waals surface area (Å²) < 4.78 is 4.94. The molecule has 28 heavy (non-hydrogen) atoms. The number of anilines is 2. The van der Waals surface area contributed by atoms with E-state index in [-0.39, 0.29) is 25.4 Å². The molecule has 6 heteroatoms. The van der Waals surface area contributed by atoms with Crippen molar-refractivity contribution < 1.29 is 19.1 Å². The van der Waals surface area contributed by atoms with Crippen molar-refractivity contribution in [2.45, 2.75) is 40.5 Å². The van der Waals surface area contributed by atoms with Crippen molar-refractivity contribution in [3.63, 3.8) is 0 Å². The van der Waals surface area contributed by atoms with Gasteiger partial charge >= 0.3 is 5.97 Å². The maximum absolute atomic E-state index is 12.0. The number of aryl methyl sites for hydroxylation is 4. The largest absolute Gasteiger partial charge is 0.456 e. The fourth-order valence-electron chi connectivity index (χ4n) is 2.53. The number of nitrogens with one attached hydrogen (secondary N) is 2. The highest BCUT2D eigenvalue weighted by molar-refractivity contribution is 5.94. The van der Waals surface area contributed by atoms with Crippen LogP contribution in [0.4, 0.5) is 11.4 Å². The zero-order valence-corrected chi connectivity index (χ0v) is 16.7. The van der Waals surface area contributed by atoms with Crippen LogP contribution in [0, 0.1) is 27.7 Å². The first-order valence-corrected chi connectivity index (χ1v) is 9.14. The highest BCUT2D eigenvalue weighted by Crippen LogP contribution is 2.17. The normalized spacial score (nSPS) is 10.3. The lowest BCUT2D eigenvalue weighted by atomic mass is 10.1. The van der Waals surface area contributed by atoms with Gasteiger partial charge in [-0.25, -0.2) is 0 Å². The molecule has 2 N–H and O–H groups in total. The Kier molecular flexibility index (Phi) is 7.32. The summed E-state index contributed by atoms with van der Waals surface area (Å²) in [5.74, 6) is -1.28. The fraction of sp³-hybridized carbons (Fsp3) is 0.318. The van der Waals surface area contributed by atoms with Crippen LogP contribution in [0.2, 0.25) is 0 Å². The van der Waals surface area contributed by atoms with Crippen molar-refractivity contribution in [2.24, 2.45) is 0 Å². The molecule has 6 nitrogen and oxygen atoms in total. The van der Waals surface area contributed by atoms with E-state index in [0.29, 0.717) is 5.69 Å². The second-order valence-corrected chi connectivity index (χ2v) is 6.87. The third kappa shape index (κ3) is 6.54. The summed E-state index contributed by atoms with van der Waals surface area (Å²) in [4.78, 5) is 35.7. The highest BCUT2D eigenvalue weighted by atomic mass is 16.5. The molecule has 0 aliphatic carbocycles. The summed E-state index contributed by atoms with van der Waals surface area (Å²) >= 11 is 0. The maximum Gasteiger partial charge on any atom is 0.306 e. The van der Waals surface area contributed by atoms with Crippen molar-refractivity contribution in [2.75, 3.05) is 17.2 Å². The van der Waals surface area contributed by atoms with Crippen LogP contribution in [0.15, 0.2) is 36.4 Å². The molecule has 2 aromatic rings. The quantitative estimate of drug-likeness (QED) is 0.713. The van der Waals surface area contributed by atoms with Crippen LogP contribution in [0.5, 0.6) is 0 Å². The molecule has 0 aliphatic heterocycles. The summed E-state index contributed by atoms with van der Waals surface area (Å²) in [5.41, 5.74) is 5.55. The molecule has 0 fully saturated rings. The monoisotopic (exact) mass is 382 g/mol. The SMILES string of the molecule is Cc1ccc(C)c(NC(=O)CCC(=O)OCC(=O)Nc2ccc(C)c(C)c2)c1. The first kappa shape index (κ1) is 21.2. The molecule has 0 heterocycles. The molecular weight excluding hydrogens is 356 g/mol. The predicted molar refractivity (Wildman–Crippen MR) is 109 cm³/mol. The van der Waals surface area contributed by atoms with Gasteiger partial charge in [0.05, 0.1) is 6.42 Å². The van der Waals surface area contributed by atoms with Crippen LogP contribution < -0.4 is 10.6 Å². The lowest BCUT2D eigenvalue weighted by Crippen LogP contribution is -2.22. The maximum atomic E-state index is 12.0. The minimum absolute atomic E-state index is 0.00894. The Labute approximate surface area is 165 Å². The Morgan fingerprint density at radius 2 is 1.50 bits per heavy atom. The lowest BCUT2D eigenvalue weighted by Gasteiger charge is -2.10. The topological polar surface area (TPSA) is 84.5 Å². The van der Waals surface area contributed by atoms with E-state index in [4.69, 9.17) is 4.74 Å². The summed E-state index contributed by atoms with van der Waals surface area (Å²) in [5, 5.41) is 5.47. The number of rotatable bonds is 7. The van der Waals surface area contributed by atoms with Crippen LogP contribution in [-0.2, 0) is 19.1 Å². The molecule has 0 aromatic heterocycles. The molecule has 0 bridgehead atoms. The molecule has 2 rings (SSSR count). The van der Waals surface area contributed by atoms with Gasteiger partial charge in [-0.05, 0) is 68.1 Å². The number of carbonyl (C=O) groups is 3. The standard InChI is InChI=1S/C22H26N2O4/c1-14-5-6-16(3)19(11-14)24-20(25)9-10-22(27)28-13-21(26)23-18-8-7-15(2)17(4)12-18/h5-8,11-12H,9-10,13H2,1-4H3,(H,23,26)(H,24,25). The van der Waals surface area contributed by atoms with Gasteiger partial charge in [0.2, 0.25) is 5.91 Å². The Morgan fingerprint density at radius 3 is 2.21 bits per heavy atom. The summed E-state index contributed by atoms with van der Waals surface area (Å²) in [6, 6.07) is 11.3. The van der Waals surface area contributed by atoms with Gasteiger partial charge in [0, 0.05) is 17.8 Å². The van der Waals surface area contributed by atoms with E-state index in [1.165, 1.54) is 0 Å². The average molecular weight is 382 g/mol. The van der Waals surface area contributed by atoms with Gasteiger partial charge in [-0.15, -0.1) is 0 Å².